The second kappa shape index (κ2) is 29.9. The lowest BCUT2D eigenvalue weighted by Gasteiger charge is -2.48. The van der Waals surface area contributed by atoms with Gasteiger partial charge in [-0.25, -0.2) is 0 Å². The van der Waals surface area contributed by atoms with Gasteiger partial charge in [0.1, 0.15) is 0 Å². The van der Waals surface area contributed by atoms with Crippen LogP contribution in [-0.2, 0) is 62.2 Å². The maximum Gasteiger partial charge on any atom is 0.483 e. The number of rotatable bonds is 31. The smallest absolute Gasteiger partial charge is 0.483 e. The van der Waals surface area contributed by atoms with Crippen LogP contribution in [0.15, 0.2) is 50.6 Å². The van der Waals surface area contributed by atoms with Crippen molar-refractivity contribution < 1.29 is 91.0 Å². The third-order valence-corrected chi connectivity index (χ3v) is 115. The molecule has 0 atom stereocenters. The average Bonchev–Trinajstić information content (AvgIpc) is 3.03. The Balaban J connectivity index is -0.000000943. The second-order valence-electron chi connectivity index (χ2n) is 18.4. The summed E-state index contributed by atoms with van der Waals surface area (Å²) < 4.78 is 119. The van der Waals surface area contributed by atoms with Crippen molar-refractivity contribution in [3.05, 3.63) is 50.6 Å². The summed E-state index contributed by atoms with van der Waals surface area (Å²) in [6.45, 7) is 49.6. The molecule has 0 bridgehead atoms. The van der Waals surface area contributed by atoms with Crippen molar-refractivity contribution in [3.63, 3.8) is 0 Å². The Hall–Kier alpha value is -0.290. The van der Waals surface area contributed by atoms with Gasteiger partial charge < -0.3 is 91.0 Å². The summed E-state index contributed by atoms with van der Waals surface area (Å²) in [6.07, 6.45) is -6.26. The van der Waals surface area contributed by atoms with Crippen molar-refractivity contribution in [2.75, 3.05) is 0 Å². The van der Waals surface area contributed by atoms with E-state index in [1.807, 2.05) is 24.3 Å². The molecule has 20 nitrogen and oxygen atoms in total. The highest BCUT2D eigenvalue weighted by Gasteiger charge is 2.91. The fourth-order valence-electron chi connectivity index (χ4n) is 5.87. The molecule has 0 aliphatic heterocycles. The van der Waals surface area contributed by atoms with Crippen LogP contribution in [0.5, 0.6) is 0 Å². The van der Waals surface area contributed by atoms with E-state index in [9.17, 15) is 26.8 Å². The van der Waals surface area contributed by atoms with Crippen LogP contribution in [0.4, 0.5) is 0 Å². The van der Waals surface area contributed by atoms with Gasteiger partial charge >= 0.3 is 75.3 Å². The second-order valence-corrected chi connectivity index (χ2v) is 94.6. The molecule has 6 N–H and O–H groups in total. The van der Waals surface area contributed by atoms with E-state index >= 15 is 0 Å². The molecule has 0 aliphatic carbocycles. The zero-order valence-electron chi connectivity index (χ0n) is 41.7. The van der Waals surface area contributed by atoms with Gasteiger partial charge in [0, 0.05) is 0 Å². The van der Waals surface area contributed by atoms with E-state index in [2.05, 4.69) is 131 Å². The Morgan fingerprint density at radius 3 is 0.636 bits per heavy atom. The molecule has 0 saturated heterocycles. The van der Waals surface area contributed by atoms with Gasteiger partial charge in [-0.3, -0.25) is 0 Å². The Labute approximate surface area is 412 Å². The number of hydrogen-bond acceptors (Lipinski definition) is 14. The normalized spacial score (nSPS) is 13.0. The first-order chi connectivity index (χ1) is 29.6. The van der Waals surface area contributed by atoms with E-state index in [-0.39, 0.29) is 0 Å². The zero-order chi connectivity index (χ0) is 53.1. The van der Waals surface area contributed by atoms with Gasteiger partial charge in [-0.1, -0.05) is 24.3 Å². The van der Waals surface area contributed by atoms with Crippen molar-refractivity contribution in [3.8, 4) is 0 Å². The van der Waals surface area contributed by atoms with Gasteiger partial charge in [-0.05, 0) is 129 Å². The molecule has 382 valence electrons. The van der Waals surface area contributed by atoms with Gasteiger partial charge in [0.25, 0.3) is 0 Å². The topological polar surface area (TPSA) is 298 Å². The standard InChI is InChI=1S/C21H44O4Si4.C9H28O4Si4.H6O12Si8/c1-13-17-26(5,6)22-21(23-27(7,8)18-14-2,24-28(9,10)19-15-3)25-29(11,12)20-16-4;1-14(2)10-9(11-15(3)4,12-16(5)6)13-17(7)8;1-13(2)19(14(3)4,15(5)6)20(16(7)8,17(9)10)18(11)12/h13-16H,1-4,17-20H2,5-12H3;14-17H,1-8H3;1,3,5,7,9,11H. The van der Waals surface area contributed by atoms with Crippen molar-refractivity contribution in [1.29, 1.82) is 0 Å². The molecule has 66 heavy (non-hydrogen) atoms. The van der Waals surface area contributed by atoms with E-state index in [0.29, 0.717) is 0 Å². The molecule has 0 aliphatic rings. The molecule has 0 aromatic heterocycles. The summed E-state index contributed by atoms with van der Waals surface area (Å²) in [5, 5.41) is 0. The fraction of sp³-hybridized carbons (Fsp3) is 0.733. The molecule has 0 unspecified atom stereocenters. The van der Waals surface area contributed by atoms with Crippen molar-refractivity contribution in [1.82, 2.24) is 0 Å². The Morgan fingerprint density at radius 1 is 0.379 bits per heavy atom. The number of allylic oxidation sites excluding steroid dienone is 4. The predicted octanol–water partition coefficient (Wildman–Crippen LogP) is 1.73. The lowest BCUT2D eigenvalue weighted by molar-refractivity contribution is -0.389. The van der Waals surface area contributed by atoms with Crippen molar-refractivity contribution >= 4 is 132 Å². The number of hydrogen-bond donors (Lipinski definition) is 6. The highest BCUT2D eigenvalue weighted by molar-refractivity contribution is 8.14. The van der Waals surface area contributed by atoms with Crippen LogP contribution in [0.3, 0.4) is 0 Å². The molecule has 36 heteroatoms. The molecule has 0 heterocycles. The van der Waals surface area contributed by atoms with E-state index in [1.165, 1.54) is 0 Å². The largest absolute Gasteiger partial charge is 0.542 e. The van der Waals surface area contributed by atoms with E-state index < -0.39 is 145 Å². The molecule has 0 radical (unpaired) electrons. The van der Waals surface area contributed by atoms with Crippen LogP contribution in [0.1, 0.15) is 0 Å². The average molecular weight is 1210 g/mol. The van der Waals surface area contributed by atoms with Crippen LogP contribution >= 0.6 is 0 Å². The molecule has 0 aromatic carbocycles. The van der Waals surface area contributed by atoms with Gasteiger partial charge in [0.15, 0.2) is 36.2 Å². The Morgan fingerprint density at radius 2 is 0.530 bits per heavy atom. The first-order valence-corrected chi connectivity index (χ1v) is 63.7. The molecule has 0 fully saturated rings. The molecule has 0 aromatic rings. The monoisotopic (exact) mass is 1210 g/mol. The molecule has 0 saturated carbocycles. The SMILES string of the molecule is C=CC[Si](C)(C)OC(O[Si](C)(C)CC=C)(O[Si](C)(C)CC=C)O[Si](C)(C)CC=C.C[SiH](C)OC(O[SiH](C)C)(O[SiH](C)C)O[SiH](C)C.O=[Si](O)[Si]([Si](=O)O)([Si](=O)O)[Si]([Si](=O)O)([Si](=O)O)[Si](=O)O. The summed E-state index contributed by atoms with van der Waals surface area (Å²) in [6, 6.07) is 3.12. The van der Waals surface area contributed by atoms with Crippen LogP contribution in [0, 0.1) is 0 Å². The van der Waals surface area contributed by atoms with E-state index in [4.69, 9.17) is 64.2 Å². The fourth-order valence-corrected chi connectivity index (χ4v) is 108. The lowest BCUT2D eigenvalue weighted by Crippen LogP contribution is -2.91. The van der Waals surface area contributed by atoms with Crippen LogP contribution in [0.2, 0.25) is 129 Å². The first kappa shape index (κ1) is 70.0. The predicted molar refractivity (Wildman–Crippen MR) is 283 cm³/mol. The molecule has 0 rings (SSSR count). The van der Waals surface area contributed by atoms with Crippen LogP contribution in [-0.4, -0.2) is 173 Å². The van der Waals surface area contributed by atoms with Crippen molar-refractivity contribution in [2.24, 2.45) is 0 Å². The van der Waals surface area contributed by atoms with Crippen LogP contribution < -0.4 is 0 Å². The Kier molecular flexibility index (Phi) is 31.7. The summed E-state index contributed by atoms with van der Waals surface area (Å²) in [5.74, 6) is 0. The summed E-state index contributed by atoms with van der Waals surface area (Å²) in [4.78, 5) is 54.9. The van der Waals surface area contributed by atoms with Gasteiger partial charge in [0.05, 0.1) is 0 Å². The zero-order valence-corrected chi connectivity index (χ0v) is 58.3. The highest BCUT2D eigenvalue weighted by atomic mass is 30.4. The molecular weight excluding hydrogens is 1130 g/mol. The minimum Gasteiger partial charge on any atom is -0.542 e. The van der Waals surface area contributed by atoms with Crippen LogP contribution in [0.25, 0.3) is 0 Å². The summed E-state index contributed by atoms with van der Waals surface area (Å²) in [7, 11) is -41.0. The van der Waals surface area contributed by atoms with E-state index in [0.717, 1.165) is 24.2 Å². The van der Waals surface area contributed by atoms with Crippen molar-refractivity contribution in [2.45, 2.75) is 141 Å². The minimum atomic E-state index is -5.60. The molecule has 0 spiro atoms. The van der Waals surface area contributed by atoms with Gasteiger partial charge in [-0.2, -0.15) is 0 Å². The lowest BCUT2D eigenvalue weighted by atomic mass is 10.8. The maximum atomic E-state index is 11.4. The molecular formula is C30H78O20Si16. The summed E-state index contributed by atoms with van der Waals surface area (Å²) in [5.41, 5.74) is 0. The highest BCUT2D eigenvalue weighted by Crippen LogP contribution is 2.37. The summed E-state index contributed by atoms with van der Waals surface area (Å²) >= 11 is 0. The van der Waals surface area contributed by atoms with Gasteiger partial charge in [-0.15, -0.1) is 26.3 Å². The quantitative estimate of drug-likeness (QED) is 0.0327. The molecule has 0 amide bonds. The Bertz CT molecular complexity index is 1430. The van der Waals surface area contributed by atoms with E-state index in [1.54, 1.807) is 0 Å². The third-order valence-electron chi connectivity index (χ3n) is 8.16. The van der Waals surface area contributed by atoms with Gasteiger partial charge in [0.2, 0.25) is 33.3 Å². The first-order valence-electron chi connectivity index (χ1n) is 21.0. The maximum absolute atomic E-state index is 11.4. The minimum absolute atomic E-state index is 0.779. The third kappa shape index (κ3) is 22.9.